The second kappa shape index (κ2) is 6.44. The van der Waals surface area contributed by atoms with Gasteiger partial charge in [-0.05, 0) is 36.4 Å². The molecule has 5 nitrogen and oxygen atoms in total. The van der Waals surface area contributed by atoms with Crippen LogP contribution in [0.3, 0.4) is 0 Å². The maximum Gasteiger partial charge on any atom is 0.328 e. The molecule has 0 bridgehead atoms. The lowest BCUT2D eigenvalue weighted by Crippen LogP contribution is -2.42. The number of benzene rings is 1. The topological polar surface area (TPSA) is 63.7 Å². The summed E-state index contributed by atoms with van der Waals surface area (Å²) in [6.45, 7) is 1.46. The number of halogens is 1. The van der Waals surface area contributed by atoms with Crippen molar-refractivity contribution < 1.29 is 19.1 Å². The molecule has 0 aromatic heterocycles. The first-order valence-electron chi connectivity index (χ1n) is 6.05. The molecule has 21 heavy (non-hydrogen) atoms. The second-order valence-electron chi connectivity index (χ2n) is 4.27. The third-order valence-corrected chi connectivity index (χ3v) is 4.55. The molecule has 1 aromatic carbocycles. The van der Waals surface area contributed by atoms with Gasteiger partial charge in [0.15, 0.2) is 0 Å². The van der Waals surface area contributed by atoms with Gasteiger partial charge >= 0.3 is 5.97 Å². The number of imide groups is 1. The van der Waals surface area contributed by atoms with Crippen LogP contribution in [0.2, 0.25) is 0 Å². The smallest absolute Gasteiger partial charge is 0.328 e. The fourth-order valence-electron chi connectivity index (χ4n) is 1.82. The van der Waals surface area contributed by atoms with Crippen molar-refractivity contribution in [2.75, 3.05) is 7.11 Å². The van der Waals surface area contributed by atoms with E-state index in [0.717, 1.165) is 26.7 Å². The van der Waals surface area contributed by atoms with Crippen LogP contribution in [-0.2, 0) is 14.3 Å². The summed E-state index contributed by atoms with van der Waals surface area (Å²) in [5.41, 5.74) is 0.786. The van der Waals surface area contributed by atoms with E-state index in [9.17, 15) is 14.4 Å². The Labute approximate surface area is 134 Å². The summed E-state index contributed by atoms with van der Waals surface area (Å²) >= 11 is 4.19. The Morgan fingerprint density at radius 1 is 1.38 bits per heavy atom. The fraction of sp³-hybridized carbons (Fsp3) is 0.214. The minimum atomic E-state index is -0.937. The molecule has 7 heteroatoms. The third kappa shape index (κ3) is 3.19. The number of hydrogen-bond acceptors (Lipinski definition) is 5. The maximum atomic E-state index is 12.3. The molecule has 0 spiro atoms. The number of amides is 2. The van der Waals surface area contributed by atoms with Crippen LogP contribution in [0.25, 0.3) is 6.08 Å². The minimum Gasteiger partial charge on any atom is -0.467 e. The van der Waals surface area contributed by atoms with Crippen LogP contribution in [0.1, 0.15) is 12.5 Å². The number of hydrogen-bond donors (Lipinski definition) is 0. The molecule has 110 valence electrons. The van der Waals surface area contributed by atoms with E-state index in [1.54, 1.807) is 6.08 Å². The number of carbonyl (C=O) groups excluding carboxylic acids is 3. The Morgan fingerprint density at radius 3 is 2.67 bits per heavy atom. The first-order valence-corrected chi connectivity index (χ1v) is 7.66. The van der Waals surface area contributed by atoms with E-state index in [2.05, 4.69) is 20.7 Å². The van der Waals surface area contributed by atoms with Crippen molar-refractivity contribution in [2.45, 2.75) is 13.0 Å². The molecule has 1 heterocycles. The summed E-state index contributed by atoms with van der Waals surface area (Å²) in [5.74, 6) is -1.11. The van der Waals surface area contributed by atoms with Crippen LogP contribution in [0, 0.1) is 0 Å². The van der Waals surface area contributed by atoms with Crippen LogP contribution in [-0.4, -0.2) is 35.2 Å². The number of ether oxygens (including phenoxy) is 1. The van der Waals surface area contributed by atoms with Gasteiger partial charge in [-0.1, -0.05) is 34.1 Å². The average molecular weight is 370 g/mol. The zero-order chi connectivity index (χ0) is 15.6. The first kappa shape index (κ1) is 15.8. The number of methoxy groups -OCH3 is 1. The van der Waals surface area contributed by atoms with E-state index in [4.69, 9.17) is 0 Å². The van der Waals surface area contributed by atoms with E-state index in [1.165, 1.54) is 14.0 Å². The summed E-state index contributed by atoms with van der Waals surface area (Å²) in [4.78, 5) is 36.9. The van der Waals surface area contributed by atoms with Crippen LogP contribution in [0.4, 0.5) is 4.79 Å². The van der Waals surface area contributed by atoms with Crippen molar-refractivity contribution in [1.82, 2.24) is 4.90 Å². The molecule has 0 N–H and O–H groups in total. The van der Waals surface area contributed by atoms with Gasteiger partial charge in [0.1, 0.15) is 6.04 Å². The lowest BCUT2D eigenvalue weighted by atomic mass is 10.2. The largest absolute Gasteiger partial charge is 0.467 e. The highest BCUT2D eigenvalue weighted by atomic mass is 79.9. The van der Waals surface area contributed by atoms with Crippen molar-refractivity contribution in [3.63, 3.8) is 0 Å². The number of thioether (sulfide) groups is 1. The normalized spacial score (nSPS) is 18.2. The summed E-state index contributed by atoms with van der Waals surface area (Å²) in [6.07, 6.45) is 1.62. The molecular weight excluding hydrogens is 358 g/mol. The summed E-state index contributed by atoms with van der Waals surface area (Å²) in [5, 5.41) is -0.476. The zero-order valence-corrected chi connectivity index (χ0v) is 13.7. The Kier molecular flexibility index (Phi) is 4.84. The van der Waals surface area contributed by atoms with E-state index >= 15 is 0 Å². The van der Waals surface area contributed by atoms with E-state index in [-0.39, 0.29) is 4.91 Å². The molecule has 1 atom stereocenters. The van der Waals surface area contributed by atoms with E-state index in [1.807, 2.05) is 24.3 Å². The number of rotatable bonds is 3. The molecule has 1 aliphatic heterocycles. The molecule has 1 fully saturated rings. The first-order chi connectivity index (χ1) is 9.95. The van der Waals surface area contributed by atoms with E-state index < -0.39 is 23.2 Å². The standard InChI is InChI=1S/C14H12BrNO4S/c1-8(13(18)20-2)16-12(17)11(21-14(16)19)7-9-5-3-4-6-10(9)15/h3-8H,1-2H3/b11-7+/t8-/m1/s1. The highest BCUT2D eigenvalue weighted by Gasteiger charge is 2.41. The molecule has 2 amide bonds. The lowest BCUT2D eigenvalue weighted by Gasteiger charge is -2.18. The van der Waals surface area contributed by atoms with Gasteiger partial charge in [0.2, 0.25) is 0 Å². The number of esters is 1. The SMILES string of the molecule is COC(=O)[C@@H](C)N1C(=O)S/C(=C/c2ccccc2Br)C1=O. The molecule has 0 saturated carbocycles. The fourth-order valence-corrected chi connectivity index (χ4v) is 3.12. The molecule has 1 aromatic rings. The Bertz CT molecular complexity index is 644. The van der Waals surface area contributed by atoms with Gasteiger partial charge in [-0.3, -0.25) is 14.5 Å². The van der Waals surface area contributed by atoms with Gasteiger partial charge in [0.25, 0.3) is 11.1 Å². The Balaban J connectivity index is 2.30. The number of nitrogens with zero attached hydrogens (tertiary/aromatic N) is 1. The lowest BCUT2D eigenvalue weighted by molar-refractivity contribution is -0.148. The molecule has 0 aliphatic carbocycles. The number of carbonyl (C=O) groups is 3. The van der Waals surface area contributed by atoms with Gasteiger partial charge in [-0.2, -0.15) is 0 Å². The quantitative estimate of drug-likeness (QED) is 0.605. The molecule has 0 unspecified atom stereocenters. The summed E-state index contributed by atoms with van der Waals surface area (Å²) in [7, 11) is 1.22. The van der Waals surface area contributed by atoms with Crippen molar-refractivity contribution in [2.24, 2.45) is 0 Å². The van der Waals surface area contributed by atoms with Crippen molar-refractivity contribution in [3.8, 4) is 0 Å². The van der Waals surface area contributed by atoms with Gasteiger partial charge in [-0.25, -0.2) is 4.79 Å². The Morgan fingerprint density at radius 2 is 2.05 bits per heavy atom. The van der Waals surface area contributed by atoms with Gasteiger partial charge < -0.3 is 4.74 Å². The van der Waals surface area contributed by atoms with Crippen molar-refractivity contribution >= 4 is 50.9 Å². The highest BCUT2D eigenvalue weighted by Crippen LogP contribution is 2.34. The predicted octanol–water partition coefficient (Wildman–Crippen LogP) is 3.05. The van der Waals surface area contributed by atoms with Crippen LogP contribution in [0.5, 0.6) is 0 Å². The van der Waals surface area contributed by atoms with E-state index in [0.29, 0.717) is 0 Å². The van der Waals surface area contributed by atoms with Gasteiger partial charge in [-0.15, -0.1) is 0 Å². The van der Waals surface area contributed by atoms with Crippen LogP contribution < -0.4 is 0 Å². The average Bonchev–Trinajstić information content (AvgIpc) is 2.74. The zero-order valence-electron chi connectivity index (χ0n) is 11.3. The van der Waals surface area contributed by atoms with Crippen molar-refractivity contribution in [3.05, 3.63) is 39.2 Å². The highest BCUT2D eigenvalue weighted by molar-refractivity contribution is 9.10. The summed E-state index contributed by atoms with van der Waals surface area (Å²) in [6, 6.07) is 6.41. The monoisotopic (exact) mass is 369 g/mol. The molecule has 2 rings (SSSR count). The van der Waals surface area contributed by atoms with Gasteiger partial charge in [0, 0.05) is 4.47 Å². The second-order valence-corrected chi connectivity index (χ2v) is 6.12. The van der Waals surface area contributed by atoms with Gasteiger partial charge in [0.05, 0.1) is 12.0 Å². The van der Waals surface area contributed by atoms with Crippen molar-refractivity contribution in [1.29, 1.82) is 0 Å². The summed E-state index contributed by atoms with van der Waals surface area (Å²) < 4.78 is 5.39. The maximum absolute atomic E-state index is 12.3. The van der Waals surface area contributed by atoms with Crippen LogP contribution >= 0.6 is 27.7 Å². The Hall–Kier alpha value is -1.60. The predicted molar refractivity (Wildman–Crippen MR) is 83.4 cm³/mol. The van der Waals surface area contributed by atoms with Crippen LogP contribution in [0.15, 0.2) is 33.6 Å². The minimum absolute atomic E-state index is 0.280. The molecule has 1 saturated heterocycles. The molecular formula is C14H12BrNO4S. The third-order valence-electron chi connectivity index (χ3n) is 2.94. The molecule has 0 radical (unpaired) electrons. The molecule has 1 aliphatic rings.